The van der Waals surface area contributed by atoms with Crippen molar-refractivity contribution < 1.29 is 142 Å². The van der Waals surface area contributed by atoms with E-state index in [4.69, 9.17) is 39.6 Å². The van der Waals surface area contributed by atoms with Crippen LogP contribution in [0.3, 0.4) is 0 Å². The first-order valence-corrected chi connectivity index (χ1v) is 23.9. The average Bonchev–Trinajstić information content (AvgIpc) is 4.03. The van der Waals surface area contributed by atoms with Crippen molar-refractivity contribution >= 4 is 69.4 Å². The summed E-state index contributed by atoms with van der Waals surface area (Å²) < 4.78 is 126. The van der Waals surface area contributed by atoms with Crippen LogP contribution in [0.1, 0.15) is 72.3 Å². The Morgan fingerprint density at radius 2 is 0.713 bits per heavy atom. The highest BCUT2D eigenvalue weighted by molar-refractivity contribution is 6.03. The number of para-hydroxylation sites is 2. The van der Waals surface area contributed by atoms with E-state index in [9.17, 15) is 82.1 Å². The van der Waals surface area contributed by atoms with E-state index in [1.807, 2.05) is 58.3 Å². The molecule has 2 aliphatic heterocycles. The molecule has 0 spiro atoms. The highest BCUT2D eigenvalue weighted by atomic mass is 19.4. The largest absolute Gasteiger partial charge is 0.542 e. The first-order valence-electron chi connectivity index (χ1n) is 23.9. The minimum Gasteiger partial charge on any atom is -0.542 e. The fraction of sp³-hybridized carbons (Fsp3) is 0.522. The second-order valence-electron chi connectivity index (χ2n) is 18.1. The van der Waals surface area contributed by atoms with Crippen LogP contribution in [-0.2, 0) is 28.8 Å². The quantitative estimate of drug-likeness (QED) is 0.106. The van der Waals surface area contributed by atoms with E-state index in [0.29, 0.717) is 37.6 Å². The van der Waals surface area contributed by atoms with E-state index in [1.54, 1.807) is 0 Å². The van der Waals surface area contributed by atoms with Crippen molar-refractivity contribution in [2.24, 2.45) is 11.8 Å². The van der Waals surface area contributed by atoms with Gasteiger partial charge in [-0.2, -0.15) is 62.9 Å². The van der Waals surface area contributed by atoms with Gasteiger partial charge in [-0.1, -0.05) is 37.1 Å². The molecule has 34 heteroatoms. The lowest BCUT2D eigenvalue weighted by atomic mass is 9.83. The predicted molar refractivity (Wildman–Crippen MR) is 234 cm³/mol. The molecule has 0 unspecified atom stereocenters. The summed E-state index contributed by atoms with van der Waals surface area (Å²) in [5.41, 5.74) is 3.05. The number of piperazine rings is 2. The lowest BCUT2D eigenvalue weighted by Crippen LogP contribution is -3.19. The van der Waals surface area contributed by atoms with Gasteiger partial charge in [0.1, 0.15) is 58.8 Å². The summed E-state index contributed by atoms with van der Waals surface area (Å²) in [6, 6.07) is 15.9. The van der Waals surface area contributed by atoms with Crippen LogP contribution < -0.4 is 40.4 Å². The Labute approximate surface area is 442 Å². The number of aromatic nitrogens is 4. The fourth-order valence-corrected chi connectivity index (χ4v) is 9.23. The van der Waals surface area contributed by atoms with Crippen LogP contribution in [0.5, 0.6) is 0 Å². The summed E-state index contributed by atoms with van der Waals surface area (Å²) in [4.78, 5) is 90.6. The van der Waals surface area contributed by atoms with Crippen molar-refractivity contribution in [2.45, 2.75) is 88.2 Å². The first kappa shape index (κ1) is 66.5. The van der Waals surface area contributed by atoms with E-state index in [2.05, 4.69) is 20.4 Å². The number of fused-ring (bicyclic) bond motifs is 2. The Bertz CT molecular complexity index is 2520. The standard InChI is InChI=1S/2C19H24N4O3.4C2HF3O2/c2*24-18(17-13-5-1-3-7-15(13)20-21-17)23-11-9-22(10-12-23)16-8-4-2-6-14(16)19(25)26;4*3-2(4,5)1(6)7/h2*1,3,5,7,14,16H,2,4,6,8-12H2,(H,20,21)(H,25,26);4*(H,6,7)/t2*14-,16-;;;;/m10..../s1. The number of aromatic amines is 4. The van der Waals surface area contributed by atoms with Crippen LogP contribution in [-0.4, -0.2) is 167 Å². The number of carbonyl (C=O) groups is 8. The molecule has 4 aromatic rings. The van der Waals surface area contributed by atoms with Gasteiger partial charge in [-0.25, -0.2) is 0 Å². The van der Waals surface area contributed by atoms with Gasteiger partial charge in [0.15, 0.2) is 0 Å². The second kappa shape index (κ2) is 28.9. The van der Waals surface area contributed by atoms with Crippen molar-refractivity contribution in [3.8, 4) is 0 Å². The zero-order valence-electron chi connectivity index (χ0n) is 41.5. The number of alkyl halides is 12. The van der Waals surface area contributed by atoms with E-state index in [0.717, 1.165) is 99.4 Å². The number of hydrogen-bond acceptors (Lipinski definition) is 12. The molecule has 22 nitrogen and oxygen atoms in total. The third-order valence-electron chi connectivity index (χ3n) is 13.0. The van der Waals surface area contributed by atoms with Gasteiger partial charge in [-0.3, -0.25) is 19.2 Å². The third kappa shape index (κ3) is 19.8. The molecular formula is C46H52F12N8O14. The molecule has 2 aromatic heterocycles. The van der Waals surface area contributed by atoms with Crippen molar-refractivity contribution in [3.05, 3.63) is 59.9 Å². The molecular weight excluding hydrogens is 1120 g/mol. The molecule has 2 aromatic carbocycles. The van der Waals surface area contributed by atoms with Crippen LogP contribution in [0.25, 0.3) is 21.8 Å². The number of quaternary nitrogens is 2. The maximum atomic E-state index is 12.9. The minimum absolute atomic E-state index is 0.0138. The van der Waals surface area contributed by atoms with E-state index >= 15 is 0 Å². The van der Waals surface area contributed by atoms with Gasteiger partial charge < -0.3 is 69.4 Å². The van der Waals surface area contributed by atoms with Crippen LogP contribution in [0.15, 0.2) is 48.5 Å². The topological polar surface area (TPSA) is 344 Å². The maximum absolute atomic E-state index is 12.9. The number of carboxylic acids is 6. The van der Waals surface area contributed by atoms with Crippen LogP contribution >= 0.6 is 0 Å². The second-order valence-corrected chi connectivity index (χ2v) is 18.1. The molecule has 80 heavy (non-hydrogen) atoms. The third-order valence-corrected chi connectivity index (χ3v) is 13.0. The number of benzene rings is 2. The Hall–Kier alpha value is -7.78. The summed E-state index contributed by atoms with van der Waals surface area (Å²) in [6.45, 7) is 5.97. The van der Waals surface area contributed by atoms with Gasteiger partial charge in [0.25, 0.3) is 0 Å². The lowest BCUT2D eigenvalue weighted by Gasteiger charge is -2.39. The SMILES string of the molecule is O=C(O)[C@@H]1CCCC[C@H]1[NH+]1CCN(C(=O)c2[nH+][nH]c3ccccc23)CC1.O=C(O)[C@H]1CCCC[C@@H]1[NH+]1CCN(C(=O)c2[nH+][nH]c3ccccc23)CC1.O=C([O-])C(F)(F)F.O=C([O-])C(F)(F)F.O=C([O-])C(F)(F)F.O=C([O-])C(F)(F)F. The molecule has 0 bridgehead atoms. The Morgan fingerprint density at radius 1 is 0.463 bits per heavy atom. The number of carbonyl (C=O) groups excluding carboxylic acids is 6. The molecule has 2 aliphatic carbocycles. The number of rotatable bonds is 6. The van der Waals surface area contributed by atoms with Crippen molar-refractivity contribution in [1.29, 1.82) is 0 Å². The normalized spacial score (nSPS) is 20.0. The molecule has 8 rings (SSSR count). The van der Waals surface area contributed by atoms with Gasteiger partial charge in [0.2, 0.25) is 0 Å². The molecule has 444 valence electrons. The molecule has 0 radical (unpaired) electrons. The number of hydrogen-bond donors (Lipinski definition) is 6. The molecule has 8 N–H and O–H groups in total. The Balaban J connectivity index is 0.000000288. The smallest absolute Gasteiger partial charge is 0.430 e. The van der Waals surface area contributed by atoms with Gasteiger partial charge >= 0.3 is 59.8 Å². The summed E-state index contributed by atoms with van der Waals surface area (Å²) in [7, 11) is 0. The minimum atomic E-state index is -5.19. The Kier molecular flexibility index (Phi) is 24.0. The molecule has 2 saturated heterocycles. The summed E-state index contributed by atoms with van der Waals surface area (Å²) in [6.07, 6.45) is -13.0. The van der Waals surface area contributed by atoms with Gasteiger partial charge in [-0.05, 0) is 49.9 Å². The molecule has 2 saturated carbocycles. The number of carboxylic acid groups (broad SMARTS) is 6. The first-order chi connectivity index (χ1) is 37.1. The summed E-state index contributed by atoms with van der Waals surface area (Å²) in [5, 5.41) is 68.1. The van der Waals surface area contributed by atoms with Crippen molar-refractivity contribution in [3.63, 3.8) is 0 Å². The van der Waals surface area contributed by atoms with Crippen molar-refractivity contribution in [1.82, 2.24) is 20.0 Å². The monoisotopic (exact) mass is 1170 g/mol. The Morgan fingerprint density at radius 3 is 0.963 bits per heavy atom. The number of aliphatic carboxylic acids is 6. The lowest BCUT2D eigenvalue weighted by molar-refractivity contribution is -0.933. The number of nitrogens with one attached hydrogen (secondary N) is 6. The number of nitrogens with zero attached hydrogens (tertiary/aromatic N) is 2. The van der Waals surface area contributed by atoms with E-state index < -0.39 is 60.5 Å². The van der Waals surface area contributed by atoms with Crippen LogP contribution in [0, 0.1) is 11.8 Å². The zero-order chi connectivity index (χ0) is 60.5. The average molecular weight is 1170 g/mol. The van der Waals surface area contributed by atoms with Gasteiger partial charge in [0, 0.05) is 12.8 Å². The predicted octanol–water partition coefficient (Wildman–Crippen LogP) is -2.87. The van der Waals surface area contributed by atoms with Crippen LogP contribution in [0.4, 0.5) is 52.7 Å². The molecule has 4 atom stereocenters. The van der Waals surface area contributed by atoms with Gasteiger partial charge in [0.05, 0.1) is 63.1 Å². The molecule has 4 heterocycles. The van der Waals surface area contributed by atoms with Gasteiger partial charge in [-0.15, -0.1) is 10.2 Å². The van der Waals surface area contributed by atoms with E-state index in [1.165, 1.54) is 9.80 Å². The number of halogens is 12. The highest BCUT2D eigenvalue weighted by Crippen LogP contribution is 2.25. The fourth-order valence-electron chi connectivity index (χ4n) is 9.23. The highest BCUT2D eigenvalue weighted by Gasteiger charge is 2.42. The zero-order valence-corrected chi connectivity index (χ0v) is 41.5. The summed E-state index contributed by atoms with van der Waals surface area (Å²) >= 11 is 0. The van der Waals surface area contributed by atoms with E-state index in [-0.39, 0.29) is 35.7 Å². The molecule has 4 aliphatic rings. The number of amides is 2. The summed E-state index contributed by atoms with van der Waals surface area (Å²) in [5.74, 6) is -13.8. The molecule has 2 amide bonds. The number of H-pyrrole nitrogens is 4. The molecule has 4 fully saturated rings. The maximum Gasteiger partial charge on any atom is 0.430 e. The van der Waals surface area contributed by atoms with Crippen LogP contribution in [0.2, 0.25) is 0 Å². The van der Waals surface area contributed by atoms with Crippen molar-refractivity contribution in [2.75, 3.05) is 52.4 Å².